The zero-order chi connectivity index (χ0) is 16.4. The number of hydrogen-bond donors (Lipinski definition) is 0. The van der Waals surface area contributed by atoms with Crippen LogP contribution in [0, 0.1) is 5.41 Å². The smallest absolute Gasteiger partial charge is 0.257 e. The van der Waals surface area contributed by atoms with Crippen molar-refractivity contribution in [3.63, 3.8) is 0 Å². The first-order valence-corrected chi connectivity index (χ1v) is 8.48. The first-order chi connectivity index (χ1) is 11.7. The van der Waals surface area contributed by atoms with Crippen LogP contribution in [0.25, 0.3) is 11.5 Å². The quantitative estimate of drug-likeness (QED) is 0.862. The highest BCUT2D eigenvalue weighted by Crippen LogP contribution is 2.38. The summed E-state index contributed by atoms with van der Waals surface area (Å²) in [5, 5.41) is 4.04. The van der Waals surface area contributed by atoms with E-state index in [1.807, 2.05) is 35.2 Å². The van der Waals surface area contributed by atoms with Crippen molar-refractivity contribution in [1.82, 2.24) is 15.0 Å². The molecule has 2 aromatic rings. The van der Waals surface area contributed by atoms with Crippen LogP contribution in [-0.2, 0) is 16.0 Å². The van der Waals surface area contributed by atoms with E-state index in [-0.39, 0.29) is 11.3 Å². The lowest BCUT2D eigenvalue weighted by molar-refractivity contribution is -0.137. The van der Waals surface area contributed by atoms with E-state index in [1.54, 1.807) is 0 Å². The number of rotatable bonds is 4. The maximum absolute atomic E-state index is 12.2. The molecule has 0 radical (unpaired) electrons. The maximum Gasteiger partial charge on any atom is 0.257 e. The van der Waals surface area contributed by atoms with E-state index >= 15 is 0 Å². The fraction of sp³-hybridized carbons (Fsp3) is 0.500. The summed E-state index contributed by atoms with van der Waals surface area (Å²) in [4.78, 5) is 18.6. The standard InChI is InChI=1S/C18H21N3O3/c22-16-6-8-18(9-11-23-13-18)12-21(16)10-7-15-19-17(24-20-15)14-4-2-1-3-5-14/h1-5H,6-13H2/t18-/m0/s1. The monoisotopic (exact) mass is 327 g/mol. The molecule has 24 heavy (non-hydrogen) atoms. The van der Waals surface area contributed by atoms with Gasteiger partial charge in [0.15, 0.2) is 5.82 Å². The van der Waals surface area contributed by atoms with Gasteiger partial charge in [0.25, 0.3) is 5.89 Å². The van der Waals surface area contributed by atoms with Crippen LogP contribution in [0.5, 0.6) is 0 Å². The Labute approximate surface area is 140 Å². The van der Waals surface area contributed by atoms with E-state index in [0.29, 0.717) is 31.1 Å². The van der Waals surface area contributed by atoms with E-state index in [2.05, 4.69) is 10.1 Å². The lowest BCUT2D eigenvalue weighted by atomic mass is 9.79. The van der Waals surface area contributed by atoms with E-state index in [1.165, 1.54) is 0 Å². The number of ether oxygens (including phenoxy) is 1. The topological polar surface area (TPSA) is 68.5 Å². The van der Waals surface area contributed by atoms with Crippen LogP contribution in [0.2, 0.25) is 0 Å². The molecule has 1 atom stereocenters. The number of likely N-dealkylation sites (tertiary alicyclic amines) is 1. The molecule has 1 amide bonds. The molecule has 2 aliphatic heterocycles. The third kappa shape index (κ3) is 3.06. The first-order valence-electron chi connectivity index (χ1n) is 8.48. The molecule has 2 fully saturated rings. The molecule has 0 N–H and O–H groups in total. The van der Waals surface area contributed by atoms with Crippen LogP contribution in [0.3, 0.4) is 0 Å². The molecule has 0 unspecified atom stereocenters. The molecule has 2 saturated heterocycles. The lowest BCUT2D eigenvalue weighted by Gasteiger charge is -2.39. The van der Waals surface area contributed by atoms with Crippen molar-refractivity contribution in [2.45, 2.75) is 25.7 Å². The summed E-state index contributed by atoms with van der Waals surface area (Å²) in [5.74, 6) is 1.39. The summed E-state index contributed by atoms with van der Waals surface area (Å²) in [6.07, 6.45) is 3.23. The Morgan fingerprint density at radius 2 is 2.08 bits per heavy atom. The van der Waals surface area contributed by atoms with E-state index in [9.17, 15) is 4.79 Å². The predicted molar refractivity (Wildman–Crippen MR) is 87.1 cm³/mol. The fourth-order valence-electron chi connectivity index (χ4n) is 3.57. The average molecular weight is 327 g/mol. The van der Waals surface area contributed by atoms with Crippen LogP contribution in [0.15, 0.2) is 34.9 Å². The normalized spacial score (nSPS) is 24.0. The number of carbonyl (C=O) groups is 1. The van der Waals surface area contributed by atoms with Gasteiger partial charge in [0.05, 0.1) is 6.61 Å². The minimum absolute atomic E-state index is 0.167. The van der Waals surface area contributed by atoms with Crippen LogP contribution in [0.4, 0.5) is 0 Å². The molecular weight excluding hydrogens is 306 g/mol. The third-order valence-corrected chi connectivity index (χ3v) is 5.03. The number of nitrogens with zero attached hydrogens (tertiary/aromatic N) is 3. The van der Waals surface area contributed by atoms with Gasteiger partial charge in [0, 0.05) is 43.5 Å². The highest BCUT2D eigenvalue weighted by molar-refractivity contribution is 5.77. The second kappa shape index (κ2) is 6.36. The van der Waals surface area contributed by atoms with Crippen LogP contribution >= 0.6 is 0 Å². The van der Waals surface area contributed by atoms with Crippen molar-refractivity contribution in [2.75, 3.05) is 26.3 Å². The number of piperidine rings is 1. The largest absolute Gasteiger partial charge is 0.381 e. The second-order valence-electron chi connectivity index (χ2n) is 6.75. The molecule has 6 nitrogen and oxygen atoms in total. The number of amides is 1. The molecule has 1 spiro atoms. The van der Waals surface area contributed by atoms with Crippen LogP contribution < -0.4 is 0 Å². The summed E-state index contributed by atoms with van der Waals surface area (Å²) in [6, 6.07) is 9.71. The van der Waals surface area contributed by atoms with Gasteiger partial charge in [0.1, 0.15) is 0 Å². The Morgan fingerprint density at radius 3 is 2.88 bits per heavy atom. The molecule has 126 valence electrons. The molecule has 3 heterocycles. The van der Waals surface area contributed by atoms with E-state index in [4.69, 9.17) is 9.26 Å². The average Bonchev–Trinajstić information content (AvgIpc) is 3.27. The summed E-state index contributed by atoms with van der Waals surface area (Å²) in [7, 11) is 0. The molecule has 1 aromatic carbocycles. The summed E-state index contributed by atoms with van der Waals surface area (Å²) in [5.41, 5.74) is 1.08. The molecule has 4 rings (SSSR count). The zero-order valence-electron chi connectivity index (χ0n) is 13.6. The third-order valence-electron chi connectivity index (χ3n) is 5.03. The van der Waals surface area contributed by atoms with Crippen molar-refractivity contribution in [3.05, 3.63) is 36.2 Å². The SMILES string of the molecule is O=C1CC[C@]2(CCOC2)CN1CCc1noc(-c2ccccc2)n1. The Hall–Kier alpha value is -2.21. The van der Waals surface area contributed by atoms with Crippen molar-refractivity contribution in [1.29, 1.82) is 0 Å². The van der Waals surface area contributed by atoms with Gasteiger partial charge in [-0.2, -0.15) is 4.98 Å². The molecule has 1 aromatic heterocycles. The maximum atomic E-state index is 12.2. The van der Waals surface area contributed by atoms with Gasteiger partial charge < -0.3 is 14.2 Å². The number of benzene rings is 1. The van der Waals surface area contributed by atoms with Crippen molar-refractivity contribution >= 4 is 5.91 Å². The van der Waals surface area contributed by atoms with Gasteiger partial charge in [-0.15, -0.1) is 0 Å². The van der Waals surface area contributed by atoms with Crippen LogP contribution in [0.1, 0.15) is 25.1 Å². The highest BCUT2D eigenvalue weighted by atomic mass is 16.5. The minimum Gasteiger partial charge on any atom is -0.381 e. The lowest BCUT2D eigenvalue weighted by Crippen LogP contribution is -2.47. The van der Waals surface area contributed by atoms with Gasteiger partial charge in [0.2, 0.25) is 5.91 Å². The van der Waals surface area contributed by atoms with Crippen molar-refractivity contribution < 1.29 is 14.1 Å². The Kier molecular flexibility index (Phi) is 4.06. The minimum atomic E-state index is 0.167. The second-order valence-corrected chi connectivity index (χ2v) is 6.75. The zero-order valence-corrected chi connectivity index (χ0v) is 13.6. The summed E-state index contributed by atoms with van der Waals surface area (Å²) >= 11 is 0. The van der Waals surface area contributed by atoms with Crippen molar-refractivity contribution in [3.8, 4) is 11.5 Å². The molecule has 2 aliphatic rings. The Balaban J connectivity index is 1.39. The molecule has 0 saturated carbocycles. The van der Waals surface area contributed by atoms with Gasteiger partial charge in [-0.25, -0.2) is 0 Å². The summed E-state index contributed by atoms with van der Waals surface area (Å²) < 4.78 is 10.9. The molecule has 0 aliphatic carbocycles. The fourth-order valence-corrected chi connectivity index (χ4v) is 3.57. The van der Waals surface area contributed by atoms with E-state index in [0.717, 1.165) is 38.2 Å². The first kappa shape index (κ1) is 15.3. The van der Waals surface area contributed by atoms with Gasteiger partial charge in [-0.1, -0.05) is 23.4 Å². The predicted octanol–water partition coefficient (Wildman–Crippen LogP) is 2.31. The van der Waals surface area contributed by atoms with Gasteiger partial charge in [-0.3, -0.25) is 4.79 Å². The van der Waals surface area contributed by atoms with Crippen molar-refractivity contribution in [2.24, 2.45) is 5.41 Å². The van der Waals surface area contributed by atoms with Gasteiger partial charge in [-0.05, 0) is 25.0 Å². The molecule has 6 heteroatoms. The number of carbonyl (C=O) groups excluding carboxylic acids is 1. The van der Waals surface area contributed by atoms with Crippen LogP contribution in [-0.4, -0.2) is 47.3 Å². The Bertz CT molecular complexity index is 707. The number of aromatic nitrogens is 2. The molecular formula is C18H21N3O3. The summed E-state index contributed by atoms with van der Waals surface area (Å²) in [6.45, 7) is 3.01. The molecule has 0 bridgehead atoms. The Morgan fingerprint density at radius 1 is 1.21 bits per heavy atom. The highest BCUT2D eigenvalue weighted by Gasteiger charge is 2.41. The van der Waals surface area contributed by atoms with Gasteiger partial charge >= 0.3 is 0 Å². The number of hydrogen-bond acceptors (Lipinski definition) is 5. The van der Waals surface area contributed by atoms with E-state index < -0.39 is 0 Å².